The smallest absolute Gasteiger partial charge is 0.295 e. The molecule has 17 atom stereocenters. The van der Waals surface area contributed by atoms with E-state index in [2.05, 4.69) is 40.1 Å². The van der Waals surface area contributed by atoms with Gasteiger partial charge in [-0.25, -0.2) is 0 Å². The van der Waals surface area contributed by atoms with Gasteiger partial charge in [-0.15, -0.1) is 40.5 Å². The maximum atomic E-state index is 10.4. The summed E-state index contributed by atoms with van der Waals surface area (Å²) < 4.78 is 0. The van der Waals surface area contributed by atoms with Crippen molar-refractivity contribution in [3.05, 3.63) is 40.5 Å². The first-order valence-corrected chi connectivity index (χ1v) is 16.7. The summed E-state index contributed by atoms with van der Waals surface area (Å²) in [7, 11) is 0. The first kappa shape index (κ1) is 41.0. The lowest BCUT2D eigenvalue weighted by atomic mass is 9.77. The van der Waals surface area contributed by atoms with Gasteiger partial charge in [0.25, 0.3) is 20.3 Å². The van der Waals surface area contributed by atoms with Crippen LogP contribution in [0.2, 0.25) is 0 Å². The fourth-order valence-electron chi connectivity index (χ4n) is 8.86. The van der Waals surface area contributed by atoms with Gasteiger partial charge in [-0.2, -0.15) is 0 Å². The van der Waals surface area contributed by atoms with Gasteiger partial charge in [0, 0.05) is 0 Å². The molecule has 16 nitrogen and oxygen atoms in total. The van der Waals surface area contributed by atoms with Crippen LogP contribution in [0.15, 0.2) is 0 Å². The van der Waals surface area contributed by atoms with Crippen molar-refractivity contribution in [2.45, 2.75) is 126 Å². The van der Waals surface area contributed by atoms with E-state index in [1.165, 1.54) is 11.8 Å². The summed E-state index contributed by atoms with van der Waals surface area (Å²) in [5.41, 5.74) is -0.427. The van der Waals surface area contributed by atoms with Gasteiger partial charge in [0.2, 0.25) is 0 Å². The van der Waals surface area contributed by atoms with Gasteiger partial charge in [0.05, 0.1) is 0 Å². The molecule has 7 fully saturated rings. The standard InChI is InChI=1S/C9H14N2O6.C8H13NO3.C7H12.C6H11NO3.2CH4/c1-4-5(2)9(17-11(14)15)7-3-6(7)8(4)16-10(12)13;1-4-5(2)8(12-9(10)11)7-3-6(4)7;1-4-5(2)7-3-6(4)7;1-3-6(4-5(6)2)10-7(8)9;;/h4-9H,3H2,1-2H3;4-8H,3H2,1-2H3;4-7H,3H2,1-2H3;5H,3-4H2,1-2H3;2*1H4. The largest absolute Gasteiger partial charge is 0.310 e. The Morgan fingerprint density at radius 2 is 0.792 bits per heavy atom. The van der Waals surface area contributed by atoms with E-state index >= 15 is 0 Å². The van der Waals surface area contributed by atoms with Crippen LogP contribution in [0.1, 0.15) is 102 Å². The highest BCUT2D eigenvalue weighted by molar-refractivity contribution is 5.06. The third-order valence-electron chi connectivity index (χ3n) is 12.9. The number of fused-ring (bicyclic) bond motifs is 3. The second-order valence-electron chi connectivity index (χ2n) is 15.1. The van der Waals surface area contributed by atoms with E-state index in [4.69, 9.17) is 0 Å². The minimum atomic E-state index is -0.780. The average molecular weight is 691 g/mol. The second kappa shape index (κ2) is 15.6. The molecule has 0 saturated heterocycles. The molecule has 48 heavy (non-hydrogen) atoms. The molecule has 7 rings (SSSR count). The number of nitrogens with zero attached hydrogens (tertiary/aromatic N) is 4. The highest BCUT2D eigenvalue weighted by Gasteiger charge is 2.60. The highest BCUT2D eigenvalue weighted by atomic mass is 17.0. The van der Waals surface area contributed by atoms with Crippen LogP contribution in [-0.2, 0) is 19.4 Å². The Morgan fingerprint density at radius 1 is 0.521 bits per heavy atom. The van der Waals surface area contributed by atoms with Gasteiger partial charge in [-0.1, -0.05) is 70.2 Å². The zero-order valence-electron chi connectivity index (χ0n) is 28.0. The van der Waals surface area contributed by atoms with E-state index in [9.17, 15) is 40.5 Å². The third kappa shape index (κ3) is 8.87. The summed E-state index contributed by atoms with van der Waals surface area (Å²) in [5, 5.41) is 38.0. The van der Waals surface area contributed by atoms with Crippen LogP contribution in [0.3, 0.4) is 0 Å². The molecule has 278 valence electrons. The molecule has 0 N–H and O–H groups in total. The first-order valence-electron chi connectivity index (χ1n) is 16.7. The molecule has 0 aromatic carbocycles. The number of hydrogen-bond acceptors (Lipinski definition) is 12. The van der Waals surface area contributed by atoms with E-state index in [-0.39, 0.29) is 44.6 Å². The predicted octanol–water partition coefficient (Wildman–Crippen LogP) is 7.11. The average Bonchev–Trinajstić information content (AvgIpc) is 3.82. The highest BCUT2D eigenvalue weighted by Crippen LogP contribution is 2.63. The van der Waals surface area contributed by atoms with Crippen LogP contribution in [0.5, 0.6) is 0 Å². The Bertz CT molecular complexity index is 1110. The molecule has 7 saturated carbocycles. The Kier molecular flexibility index (Phi) is 13.3. The van der Waals surface area contributed by atoms with Gasteiger partial charge in [-0.05, 0) is 109 Å². The van der Waals surface area contributed by atoms with Crippen LogP contribution in [0.4, 0.5) is 0 Å². The van der Waals surface area contributed by atoms with Crippen molar-refractivity contribution in [1.29, 1.82) is 0 Å². The van der Waals surface area contributed by atoms with Crippen molar-refractivity contribution < 1.29 is 39.7 Å². The SMILES string of the molecule is C.C.CC1C(C)C(O[N+](=O)[O-])C2CC12.CC1C(C)C(O[N+](=O)[O-])C2CC2C1O[N+](=O)[O-].CC1C(C)C2CC12.CCC1(O[N+](=O)[O-])CC1C. The Labute approximate surface area is 283 Å². The molecule has 0 aromatic heterocycles. The third-order valence-corrected chi connectivity index (χ3v) is 12.9. The lowest BCUT2D eigenvalue weighted by molar-refractivity contribution is -0.780. The summed E-state index contributed by atoms with van der Waals surface area (Å²) >= 11 is 0. The summed E-state index contributed by atoms with van der Waals surface area (Å²) in [6.45, 7) is 16.5. The molecule has 0 aromatic rings. The van der Waals surface area contributed by atoms with Crippen molar-refractivity contribution in [3.8, 4) is 0 Å². The summed E-state index contributed by atoms with van der Waals surface area (Å²) in [5.74, 6) is 6.73. The Morgan fingerprint density at radius 3 is 1.00 bits per heavy atom. The minimum absolute atomic E-state index is 0. The van der Waals surface area contributed by atoms with Crippen LogP contribution < -0.4 is 0 Å². The topological polar surface area (TPSA) is 209 Å². The first-order chi connectivity index (χ1) is 21.4. The van der Waals surface area contributed by atoms with Crippen molar-refractivity contribution in [2.75, 3.05) is 0 Å². The lowest BCUT2D eigenvalue weighted by Gasteiger charge is -2.36. The van der Waals surface area contributed by atoms with Crippen LogP contribution >= 0.6 is 0 Å². The zero-order chi connectivity index (χ0) is 34.4. The maximum Gasteiger partial charge on any atom is 0.295 e. The van der Waals surface area contributed by atoms with Crippen LogP contribution in [0, 0.1) is 117 Å². The fraction of sp³-hybridized carbons (Fsp3) is 1.00. The van der Waals surface area contributed by atoms with Crippen molar-refractivity contribution in [1.82, 2.24) is 0 Å². The van der Waals surface area contributed by atoms with Crippen LogP contribution in [0.25, 0.3) is 0 Å². The molecule has 7 aliphatic rings. The molecule has 0 bridgehead atoms. The van der Waals surface area contributed by atoms with Gasteiger partial charge < -0.3 is 19.4 Å². The molecular formula is C32H58N4O12. The molecule has 0 heterocycles. The normalized spacial score (nSPS) is 45.2. The van der Waals surface area contributed by atoms with Crippen molar-refractivity contribution in [2.24, 2.45) is 76.9 Å². The Balaban J connectivity index is 0.000000229. The number of rotatable bonds is 9. The van der Waals surface area contributed by atoms with E-state index in [1.54, 1.807) is 6.42 Å². The maximum absolute atomic E-state index is 10.4. The van der Waals surface area contributed by atoms with Gasteiger partial charge in [-0.3, -0.25) is 0 Å². The zero-order valence-corrected chi connectivity index (χ0v) is 28.0. The summed E-state index contributed by atoms with van der Waals surface area (Å²) in [6.07, 6.45) is 3.89. The number of hydrogen-bond donors (Lipinski definition) is 0. The molecule has 17 unspecified atom stereocenters. The second-order valence-corrected chi connectivity index (χ2v) is 15.1. The molecular weight excluding hydrogens is 632 g/mol. The molecule has 7 aliphatic carbocycles. The Hall–Kier alpha value is -3.20. The lowest BCUT2D eigenvalue weighted by Crippen LogP contribution is -2.44. The molecule has 16 heteroatoms. The molecule has 0 aliphatic heterocycles. The fourth-order valence-corrected chi connectivity index (χ4v) is 8.86. The summed E-state index contributed by atoms with van der Waals surface area (Å²) in [4.78, 5) is 59.4. The predicted molar refractivity (Wildman–Crippen MR) is 174 cm³/mol. The van der Waals surface area contributed by atoms with Crippen molar-refractivity contribution >= 4 is 0 Å². The monoisotopic (exact) mass is 690 g/mol. The van der Waals surface area contributed by atoms with Crippen molar-refractivity contribution in [3.63, 3.8) is 0 Å². The summed E-state index contributed by atoms with van der Waals surface area (Å²) in [6, 6.07) is 0. The molecule has 0 spiro atoms. The molecule has 0 amide bonds. The van der Waals surface area contributed by atoms with Gasteiger partial charge in [0.15, 0.2) is 0 Å². The van der Waals surface area contributed by atoms with Gasteiger partial charge >= 0.3 is 0 Å². The van der Waals surface area contributed by atoms with E-state index in [1.807, 2.05) is 34.6 Å². The van der Waals surface area contributed by atoms with E-state index in [0.717, 1.165) is 31.1 Å². The quantitative estimate of drug-likeness (QED) is 0.175. The van der Waals surface area contributed by atoms with Crippen LogP contribution in [-0.4, -0.2) is 44.3 Å². The van der Waals surface area contributed by atoms with E-state index in [0.29, 0.717) is 36.0 Å². The molecule has 0 radical (unpaired) electrons. The minimum Gasteiger partial charge on any atom is -0.310 e. The van der Waals surface area contributed by atoms with Gasteiger partial charge in [0.1, 0.15) is 23.9 Å². The van der Waals surface area contributed by atoms with E-state index < -0.39 is 38.2 Å².